The molecule has 1 aliphatic heterocycles. The summed E-state index contributed by atoms with van der Waals surface area (Å²) in [5.74, 6) is -0.698. The number of hydrogen-bond donors (Lipinski definition) is 1. The first-order chi connectivity index (χ1) is 13.1. The first kappa shape index (κ1) is 17.2. The molecule has 0 saturated carbocycles. The van der Waals surface area contributed by atoms with E-state index in [1.165, 1.54) is 24.3 Å². The van der Waals surface area contributed by atoms with Crippen molar-refractivity contribution in [2.45, 2.75) is 19.8 Å². The smallest absolute Gasteiger partial charge is 0.258 e. The monoisotopic (exact) mass is 362 g/mol. The minimum Gasteiger partial charge on any atom is -0.321 e. The molecule has 0 aromatic heterocycles. The Kier molecular flexibility index (Phi) is 4.36. The highest BCUT2D eigenvalue weighted by Crippen LogP contribution is 2.40. The molecular formula is C22H19FN2O2. The van der Waals surface area contributed by atoms with E-state index >= 15 is 0 Å². The van der Waals surface area contributed by atoms with Crippen molar-refractivity contribution in [3.05, 3.63) is 71.5 Å². The number of carbonyl (C=O) groups excluding carboxylic acids is 2. The standard InChI is InChI=1S/C22H19FN2O2/c1-2-3-13-25-19-12-11-18(16-5-4-6-17(20(16)19)22(25)27)24-21(26)14-7-9-15(23)10-8-14/h4-12H,2-3,13H2,1H3,(H,24,26). The first-order valence-corrected chi connectivity index (χ1v) is 9.04. The van der Waals surface area contributed by atoms with Crippen molar-refractivity contribution in [1.29, 1.82) is 0 Å². The Bertz CT molecular complexity index is 1040. The molecule has 1 N–H and O–H groups in total. The minimum absolute atomic E-state index is 0.00561. The van der Waals surface area contributed by atoms with Crippen molar-refractivity contribution in [2.75, 3.05) is 16.8 Å². The number of unbranched alkanes of at least 4 members (excludes halogenated alkanes) is 1. The molecule has 0 aliphatic carbocycles. The molecule has 3 aromatic rings. The van der Waals surface area contributed by atoms with Crippen LogP contribution in [0.3, 0.4) is 0 Å². The van der Waals surface area contributed by atoms with Crippen molar-refractivity contribution in [2.24, 2.45) is 0 Å². The maximum absolute atomic E-state index is 13.1. The topological polar surface area (TPSA) is 49.4 Å². The third kappa shape index (κ3) is 2.95. The van der Waals surface area contributed by atoms with Crippen LogP contribution in [0.4, 0.5) is 15.8 Å². The summed E-state index contributed by atoms with van der Waals surface area (Å²) in [5, 5.41) is 4.58. The second-order valence-corrected chi connectivity index (χ2v) is 6.63. The van der Waals surface area contributed by atoms with Crippen molar-refractivity contribution in [3.8, 4) is 0 Å². The number of halogens is 1. The lowest BCUT2D eigenvalue weighted by atomic mass is 10.0. The maximum atomic E-state index is 13.1. The van der Waals surface area contributed by atoms with Gasteiger partial charge < -0.3 is 10.2 Å². The first-order valence-electron chi connectivity index (χ1n) is 9.04. The van der Waals surface area contributed by atoms with Crippen LogP contribution in [0.1, 0.15) is 40.5 Å². The normalized spacial score (nSPS) is 12.7. The summed E-state index contributed by atoms with van der Waals surface area (Å²) in [6.07, 6.45) is 1.94. The lowest BCUT2D eigenvalue weighted by molar-refractivity contribution is 0.0991. The molecule has 1 aliphatic rings. The molecule has 4 rings (SSSR count). The summed E-state index contributed by atoms with van der Waals surface area (Å²) >= 11 is 0. The van der Waals surface area contributed by atoms with Gasteiger partial charge in [-0.15, -0.1) is 0 Å². The molecule has 0 spiro atoms. The molecule has 1 heterocycles. The van der Waals surface area contributed by atoms with Gasteiger partial charge in [0.2, 0.25) is 0 Å². The molecule has 0 unspecified atom stereocenters. The molecule has 3 aromatic carbocycles. The second-order valence-electron chi connectivity index (χ2n) is 6.63. The number of rotatable bonds is 5. The highest BCUT2D eigenvalue weighted by molar-refractivity contribution is 6.27. The molecule has 0 saturated heterocycles. The van der Waals surface area contributed by atoms with E-state index in [1.54, 1.807) is 0 Å². The van der Waals surface area contributed by atoms with Crippen LogP contribution >= 0.6 is 0 Å². The highest BCUT2D eigenvalue weighted by Gasteiger charge is 2.30. The molecule has 0 atom stereocenters. The Balaban J connectivity index is 1.72. The van der Waals surface area contributed by atoms with E-state index < -0.39 is 0 Å². The molecule has 27 heavy (non-hydrogen) atoms. The Morgan fingerprint density at radius 1 is 1.07 bits per heavy atom. The van der Waals surface area contributed by atoms with Gasteiger partial charge in [0, 0.05) is 34.1 Å². The lowest BCUT2D eigenvalue weighted by Crippen LogP contribution is -2.27. The van der Waals surface area contributed by atoms with E-state index in [0.29, 0.717) is 23.4 Å². The third-order valence-corrected chi connectivity index (χ3v) is 4.87. The largest absolute Gasteiger partial charge is 0.321 e. The number of nitrogens with one attached hydrogen (secondary N) is 1. The molecule has 0 bridgehead atoms. The maximum Gasteiger partial charge on any atom is 0.258 e. The van der Waals surface area contributed by atoms with Crippen LogP contribution in [0.15, 0.2) is 54.6 Å². The Labute approximate surface area is 156 Å². The molecule has 2 amide bonds. The van der Waals surface area contributed by atoms with E-state index in [0.717, 1.165) is 29.3 Å². The van der Waals surface area contributed by atoms with Gasteiger partial charge in [0.05, 0.1) is 5.69 Å². The van der Waals surface area contributed by atoms with E-state index in [1.807, 2.05) is 35.2 Å². The molecule has 0 fully saturated rings. The van der Waals surface area contributed by atoms with E-state index in [9.17, 15) is 14.0 Å². The van der Waals surface area contributed by atoms with Crippen molar-refractivity contribution >= 4 is 34.0 Å². The van der Waals surface area contributed by atoms with Crippen LogP contribution in [-0.4, -0.2) is 18.4 Å². The molecule has 136 valence electrons. The lowest BCUT2D eigenvalue weighted by Gasteiger charge is -2.17. The number of anilines is 2. The van der Waals surface area contributed by atoms with Crippen LogP contribution in [0.5, 0.6) is 0 Å². The second kappa shape index (κ2) is 6.83. The van der Waals surface area contributed by atoms with Gasteiger partial charge in [-0.25, -0.2) is 4.39 Å². The zero-order valence-electron chi connectivity index (χ0n) is 15.0. The van der Waals surface area contributed by atoms with E-state index in [-0.39, 0.29) is 17.6 Å². The van der Waals surface area contributed by atoms with Crippen molar-refractivity contribution in [3.63, 3.8) is 0 Å². The fraction of sp³-hybridized carbons (Fsp3) is 0.182. The highest BCUT2D eigenvalue weighted by atomic mass is 19.1. The van der Waals surface area contributed by atoms with Crippen LogP contribution in [-0.2, 0) is 0 Å². The van der Waals surface area contributed by atoms with Gasteiger partial charge in [0.1, 0.15) is 5.82 Å². The van der Waals surface area contributed by atoms with Gasteiger partial charge in [0.25, 0.3) is 11.8 Å². The van der Waals surface area contributed by atoms with E-state index in [4.69, 9.17) is 0 Å². The van der Waals surface area contributed by atoms with Crippen LogP contribution in [0, 0.1) is 5.82 Å². The summed E-state index contributed by atoms with van der Waals surface area (Å²) in [4.78, 5) is 27.1. The fourth-order valence-corrected chi connectivity index (χ4v) is 3.49. The zero-order chi connectivity index (χ0) is 19.0. The molecule has 4 nitrogen and oxygen atoms in total. The number of benzene rings is 3. The minimum atomic E-state index is -0.387. The van der Waals surface area contributed by atoms with Gasteiger partial charge in [-0.1, -0.05) is 25.5 Å². The predicted octanol–water partition coefficient (Wildman–Crippen LogP) is 4.99. The van der Waals surface area contributed by atoms with Gasteiger partial charge >= 0.3 is 0 Å². The number of nitrogens with zero attached hydrogens (tertiary/aromatic N) is 1. The summed E-state index contributed by atoms with van der Waals surface area (Å²) < 4.78 is 13.1. The van der Waals surface area contributed by atoms with Crippen molar-refractivity contribution in [1.82, 2.24) is 0 Å². The van der Waals surface area contributed by atoms with Gasteiger partial charge in [0.15, 0.2) is 0 Å². The molecule has 0 radical (unpaired) electrons. The van der Waals surface area contributed by atoms with Gasteiger partial charge in [-0.2, -0.15) is 0 Å². The molecule has 5 heteroatoms. The Hall–Kier alpha value is -3.21. The summed E-state index contributed by atoms with van der Waals surface area (Å²) in [5.41, 5.74) is 2.56. The van der Waals surface area contributed by atoms with Crippen LogP contribution in [0.25, 0.3) is 10.8 Å². The van der Waals surface area contributed by atoms with E-state index in [2.05, 4.69) is 12.2 Å². The average Bonchev–Trinajstić information content (AvgIpc) is 2.96. The van der Waals surface area contributed by atoms with Crippen molar-refractivity contribution < 1.29 is 14.0 Å². The zero-order valence-corrected chi connectivity index (χ0v) is 15.0. The van der Waals surface area contributed by atoms with Gasteiger partial charge in [-0.3, -0.25) is 9.59 Å². The summed E-state index contributed by atoms with van der Waals surface area (Å²) in [7, 11) is 0. The van der Waals surface area contributed by atoms with Crippen LogP contribution < -0.4 is 10.2 Å². The predicted molar refractivity (Wildman–Crippen MR) is 105 cm³/mol. The average molecular weight is 362 g/mol. The number of amides is 2. The number of hydrogen-bond acceptors (Lipinski definition) is 2. The number of carbonyl (C=O) groups is 2. The Morgan fingerprint density at radius 2 is 1.85 bits per heavy atom. The summed E-state index contributed by atoms with van der Waals surface area (Å²) in [6.45, 7) is 2.78. The Morgan fingerprint density at radius 3 is 2.59 bits per heavy atom. The molecular weight excluding hydrogens is 343 g/mol. The quantitative estimate of drug-likeness (QED) is 0.695. The third-order valence-electron chi connectivity index (χ3n) is 4.87. The summed E-state index contributed by atoms with van der Waals surface area (Å²) in [6, 6.07) is 14.7. The SMILES string of the molecule is CCCCN1C(=O)c2cccc3c(NC(=O)c4ccc(F)cc4)ccc1c23. The van der Waals surface area contributed by atoms with Crippen LogP contribution in [0.2, 0.25) is 0 Å². The van der Waals surface area contributed by atoms with Gasteiger partial charge in [-0.05, 0) is 48.9 Å². The fourth-order valence-electron chi connectivity index (χ4n) is 3.49.